The van der Waals surface area contributed by atoms with Crippen molar-refractivity contribution in [3.8, 4) is 0 Å². The van der Waals surface area contributed by atoms with E-state index < -0.39 is 10.0 Å². The first-order valence-corrected chi connectivity index (χ1v) is 13.2. The Morgan fingerprint density at radius 2 is 1.72 bits per heavy atom. The Kier molecular flexibility index (Phi) is 8.32. The molecule has 3 rings (SSSR count). The maximum absolute atomic E-state index is 12.8. The number of carbonyl (C=O) groups is 2. The molecule has 1 aromatic heterocycles. The highest BCUT2D eigenvalue weighted by Gasteiger charge is 2.30. The average molecular weight is 498 g/mol. The molecule has 1 aliphatic heterocycles. The summed E-state index contributed by atoms with van der Waals surface area (Å²) >= 11 is 7.44. The second kappa shape index (κ2) is 10.8. The summed E-state index contributed by atoms with van der Waals surface area (Å²) in [5.41, 5.74) is 0. The molecule has 2 heterocycles. The topological polar surface area (TPSA) is 86.8 Å². The second-order valence-electron chi connectivity index (χ2n) is 8.04. The molecule has 174 valence electrons. The van der Waals surface area contributed by atoms with Gasteiger partial charge in [0.25, 0.3) is 0 Å². The molecule has 0 saturated carbocycles. The number of sulfonamides is 1. The molecule has 10 heteroatoms. The number of halogens is 1. The van der Waals surface area contributed by atoms with Crippen molar-refractivity contribution in [2.24, 2.45) is 5.92 Å². The molecular weight excluding hydrogens is 470 g/mol. The van der Waals surface area contributed by atoms with Gasteiger partial charge in [-0.3, -0.25) is 9.59 Å². The summed E-state index contributed by atoms with van der Waals surface area (Å²) in [5, 5.41) is 5.48. The van der Waals surface area contributed by atoms with Crippen LogP contribution in [0.15, 0.2) is 46.7 Å². The number of carbonyl (C=O) groups excluding carboxylic acids is 2. The Morgan fingerprint density at radius 3 is 2.28 bits per heavy atom. The standard InChI is InChI=1S/C22H28ClN3O4S2/c1-16(2)22(19-4-3-15-31-19)24-20(27)9-10-21(28)25-11-13-26(14-12-25)32(29,30)18-7-5-17(23)6-8-18/h3-8,15-16,22H,9-14H2,1-2H3,(H,24,27). The van der Waals surface area contributed by atoms with Gasteiger partial charge in [0.1, 0.15) is 0 Å². The van der Waals surface area contributed by atoms with Gasteiger partial charge < -0.3 is 10.2 Å². The van der Waals surface area contributed by atoms with Crippen LogP contribution in [-0.4, -0.2) is 55.6 Å². The molecule has 0 spiro atoms. The fourth-order valence-electron chi connectivity index (χ4n) is 3.59. The Labute approximate surface area is 198 Å². The molecule has 2 aromatic rings. The van der Waals surface area contributed by atoms with Gasteiger partial charge >= 0.3 is 0 Å². The van der Waals surface area contributed by atoms with Crippen LogP contribution in [0.2, 0.25) is 5.02 Å². The molecule has 2 amide bonds. The minimum atomic E-state index is -3.62. The lowest BCUT2D eigenvalue weighted by molar-refractivity contribution is -0.134. The van der Waals surface area contributed by atoms with Crippen LogP contribution in [0.4, 0.5) is 0 Å². The van der Waals surface area contributed by atoms with Gasteiger partial charge in [-0.15, -0.1) is 11.3 Å². The van der Waals surface area contributed by atoms with E-state index in [1.807, 2.05) is 31.4 Å². The van der Waals surface area contributed by atoms with E-state index in [1.165, 1.54) is 16.4 Å². The maximum atomic E-state index is 12.8. The largest absolute Gasteiger partial charge is 0.348 e. The van der Waals surface area contributed by atoms with E-state index in [1.54, 1.807) is 28.4 Å². The van der Waals surface area contributed by atoms with Gasteiger partial charge in [0.2, 0.25) is 21.8 Å². The number of thiophene rings is 1. The monoisotopic (exact) mass is 497 g/mol. The predicted octanol–water partition coefficient (Wildman–Crippen LogP) is 3.53. The van der Waals surface area contributed by atoms with E-state index in [4.69, 9.17) is 11.6 Å². The van der Waals surface area contributed by atoms with E-state index in [0.717, 1.165) is 4.88 Å². The van der Waals surface area contributed by atoms with Crippen LogP contribution < -0.4 is 5.32 Å². The average Bonchev–Trinajstić information content (AvgIpc) is 3.30. The summed E-state index contributed by atoms with van der Waals surface area (Å²) < 4.78 is 26.9. The Hall–Kier alpha value is -1.94. The minimum Gasteiger partial charge on any atom is -0.348 e. The molecule has 1 fully saturated rings. The van der Waals surface area contributed by atoms with Crippen LogP contribution in [-0.2, 0) is 19.6 Å². The van der Waals surface area contributed by atoms with Gasteiger partial charge in [0.15, 0.2) is 0 Å². The fraction of sp³-hybridized carbons (Fsp3) is 0.455. The SMILES string of the molecule is CC(C)C(NC(=O)CCC(=O)N1CCN(S(=O)(=O)c2ccc(Cl)cc2)CC1)c1cccs1. The number of rotatable bonds is 8. The van der Waals surface area contributed by atoms with E-state index in [-0.39, 0.29) is 54.6 Å². The molecule has 1 aliphatic rings. The van der Waals surface area contributed by atoms with E-state index in [0.29, 0.717) is 18.1 Å². The summed E-state index contributed by atoms with van der Waals surface area (Å²) in [6.07, 6.45) is 0.210. The van der Waals surface area contributed by atoms with E-state index >= 15 is 0 Å². The Balaban J connectivity index is 1.48. The van der Waals surface area contributed by atoms with Crippen LogP contribution in [0.25, 0.3) is 0 Å². The zero-order valence-corrected chi connectivity index (χ0v) is 20.5. The first-order chi connectivity index (χ1) is 15.2. The summed E-state index contributed by atoms with van der Waals surface area (Å²) in [7, 11) is -3.62. The highest BCUT2D eigenvalue weighted by molar-refractivity contribution is 7.89. The summed E-state index contributed by atoms with van der Waals surface area (Å²) in [5.74, 6) is -0.0562. The number of nitrogens with zero attached hydrogens (tertiary/aromatic N) is 2. The van der Waals surface area contributed by atoms with Crippen molar-refractivity contribution >= 4 is 44.8 Å². The third kappa shape index (κ3) is 6.10. The molecule has 0 radical (unpaired) electrons. The summed E-state index contributed by atoms with van der Waals surface area (Å²) in [6, 6.07) is 9.93. The molecule has 7 nitrogen and oxygen atoms in total. The molecule has 0 bridgehead atoms. The lowest BCUT2D eigenvalue weighted by Gasteiger charge is -2.34. The maximum Gasteiger partial charge on any atom is 0.243 e. The fourth-order valence-corrected chi connectivity index (χ4v) is 6.09. The van der Waals surface area contributed by atoms with Gasteiger partial charge in [-0.25, -0.2) is 8.42 Å². The predicted molar refractivity (Wildman–Crippen MR) is 126 cm³/mol. The van der Waals surface area contributed by atoms with Crippen LogP contribution in [0.1, 0.15) is 37.6 Å². The highest BCUT2D eigenvalue weighted by atomic mass is 35.5. The van der Waals surface area contributed by atoms with Gasteiger partial charge in [-0.1, -0.05) is 31.5 Å². The van der Waals surface area contributed by atoms with Gasteiger partial charge in [0.05, 0.1) is 10.9 Å². The smallest absolute Gasteiger partial charge is 0.243 e. The lowest BCUT2D eigenvalue weighted by Crippen LogP contribution is -2.50. The molecule has 1 unspecified atom stereocenters. The summed E-state index contributed by atoms with van der Waals surface area (Å²) in [4.78, 5) is 27.9. The van der Waals surface area contributed by atoms with Crippen molar-refractivity contribution in [3.63, 3.8) is 0 Å². The number of piperazine rings is 1. The Morgan fingerprint density at radius 1 is 1.06 bits per heavy atom. The molecule has 0 aliphatic carbocycles. The van der Waals surface area contributed by atoms with Crippen LogP contribution in [0, 0.1) is 5.92 Å². The lowest BCUT2D eigenvalue weighted by atomic mass is 10.0. The van der Waals surface area contributed by atoms with Crippen LogP contribution >= 0.6 is 22.9 Å². The van der Waals surface area contributed by atoms with Gasteiger partial charge in [0, 0.05) is 48.9 Å². The third-order valence-electron chi connectivity index (χ3n) is 5.44. The van der Waals surface area contributed by atoms with Crippen LogP contribution in [0.5, 0.6) is 0 Å². The van der Waals surface area contributed by atoms with Crippen molar-refractivity contribution in [1.29, 1.82) is 0 Å². The number of amides is 2. The molecule has 1 saturated heterocycles. The molecule has 1 atom stereocenters. The minimum absolute atomic E-state index is 0.0702. The molecule has 32 heavy (non-hydrogen) atoms. The van der Waals surface area contributed by atoms with Crippen LogP contribution in [0.3, 0.4) is 0 Å². The van der Waals surface area contributed by atoms with Crippen molar-refractivity contribution < 1.29 is 18.0 Å². The van der Waals surface area contributed by atoms with Crippen molar-refractivity contribution in [2.45, 2.75) is 37.6 Å². The van der Waals surface area contributed by atoms with Gasteiger partial charge in [-0.2, -0.15) is 4.31 Å². The van der Waals surface area contributed by atoms with Crippen molar-refractivity contribution in [3.05, 3.63) is 51.7 Å². The molecule has 1 N–H and O–H groups in total. The quantitative estimate of drug-likeness (QED) is 0.604. The highest BCUT2D eigenvalue weighted by Crippen LogP contribution is 2.26. The number of nitrogens with one attached hydrogen (secondary N) is 1. The number of hydrogen-bond donors (Lipinski definition) is 1. The molecule has 1 aromatic carbocycles. The summed E-state index contributed by atoms with van der Waals surface area (Å²) in [6.45, 7) is 5.14. The zero-order valence-electron chi connectivity index (χ0n) is 18.2. The first kappa shape index (κ1) is 24.7. The Bertz CT molecular complexity index is 1020. The second-order valence-corrected chi connectivity index (χ2v) is 11.4. The first-order valence-electron chi connectivity index (χ1n) is 10.5. The van der Waals surface area contributed by atoms with Crippen molar-refractivity contribution in [2.75, 3.05) is 26.2 Å². The zero-order chi connectivity index (χ0) is 23.3. The number of hydrogen-bond acceptors (Lipinski definition) is 5. The number of benzene rings is 1. The van der Waals surface area contributed by atoms with E-state index in [9.17, 15) is 18.0 Å². The van der Waals surface area contributed by atoms with E-state index in [2.05, 4.69) is 5.32 Å². The normalized spacial score (nSPS) is 16.2. The van der Waals surface area contributed by atoms with Gasteiger partial charge in [-0.05, 0) is 41.6 Å². The molecular formula is C22H28ClN3O4S2. The van der Waals surface area contributed by atoms with Crippen molar-refractivity contribution in [1.82, 2.24) is 14.5 Å². The third-order valence-corrected chi connectivity index (χ3v) is 8.56.